The Balaban J connectivity index is 5.41. The molecule has 31 heavy (non-hydrogen) atoms. The van der Waals surface area contributed by atoms with Crippen molar-refractivity contribution in [2.75, 3.05) is 26.2 Å². The molecular formula is C28H60N2O. The lowest BCUT2D eigenvalue weighted by atomic mass is 9.96. The molecule has 0 heterocycles. The molecule has 0 aromatic carbocycles. The van der Waals surface area contributed by atoms with Crippen molar-refractivity contribution in [2.24, 2.45) is 0 Å². The van der Waals surface area contributed by atoms with Gasteiger partial charge in [-0.25, -0.2) is 0 Å². The Kier molecular flexibility index (Phi) is 20.4. The van der Waals surface area contributed by atoms with Gasteiger partial charge >= 0.3 is 0 Å². The molecule has 0 aromatic rings. The number of ether oxygens (including phenoxy) is 1. The maximum atomic E-state index is 7.07. The molecule has 4 atom stereocenters. The quantitative estimate of drug-likeness (QED) is 0.159. The third-order valence-corrected chi connectivity index (χ3v) is 7.28. The van der Waals surface area contributed by atoms with E-state index in [0.717, 1.165) is 39.0 Å². The zero-order valence-electron chi connectivity index (χ0n) is 22.9. The third-order valence-electron chi connectivity index (χ3n) is 7.28. The second-order valence-electron chi connectivity index (χ2n) is 9.31. The van der Waals surface area contributed by atoms with Crippen molar-refractivity contribution < 1.29 is 4.74 Å². The molecule has 0 bridgehead atoms. The molecule has 0 amide bonds. The van der Waals surface area contributed by atoms with Crippen LogP contribution in [0.4, 0.5) is 0 Å². The van der Waals surface area contributed by atoms with Crippen LogP contribution in [0.2, 0.25) is 0 Å². The van der Waals surface area contributed by atoms with Gasteiger partial charge in [0.25, 0.3) is 0 Å². The molecule has 0 saturated heterocycles. The molecule has 3 heteroatoms. The third kappa shape index (κ3) is 12.1. The second-order valence-corrected chi connectivity index (χ2v) is 9.31. The van der Waals surface area contributed by atoms with Gasteiger partial charge in [-0.15, -0.1) is 0 Å². The van der Waals surface area contributed by atoms with E-state index in [1.807, 2.05) is 0 Å². The van der Waals surface area contributed by atoms with Crippen molar-refractivity contribution in [2.45, 2.75) is 157 Å². The average Bonchev–Trinajstić information content (AvgIpc) is 2.80. The van der Waals surface area contributed by atoms with Gasteiger partial charge in [-0.2, -0.15) is 0 Å². The van der Waals surface area contributed by atoms with E-state index in [-0.39, 0.29) is 0 Å². The molecule has 0 spiro atoms. The van der Waals surface area contributed by atoms with Gasteiger partial charge < -0.3 is 4.74 Å². The molecule has 0 aromatic heterocycles. The van der Waals surface area contributed by atoms with Crippen LogP contribution in [0.5, 0.6) is 0 Å². The molecular weight excluding hydrogens is 380 g/mol. The highest BCUT2D eigenvalue weighted by molar-refractivity contribution is 4.84. The Morgan fingerprint density at radius 3 is 1.10 bits per heavy atom. The first-order valence-electron chi connectivity index (χ1n) is 14.2. The van der Waals surface area contributed by atoms with Crippen LogP contribution in [0.3, 0.4) is 0 Å². The van der Waals surface area contributed by atoms with Gasteiger partial charge in [0.15, 0.2) is 0 Å². The van der Waals surface area contributed by atoms with Crippen molar-refractivity contribution in [1.29, 1.82) is 0 Å². The van der Waals surface area contributed by atoms with E-state index in [1.165, 1.54) is 64.2 Å². The van der Waals surface area contributed by atoms with E-state index in [9.17, 15) is 0 Å². The Morgan fingerprint density at radius 2 is 0.839 bits per heavy atom. The molecule has 0 rings (SSSR count). The summed E-state index contributed by atoms with van der Waals surface area (Å²) in [6.45, 7) is 23.1. The summed E-state index contributed by atoms with van der Waals surface area (Å²) in [5.41, 5.74) is 0. The maximum Gasteiger partial charge on any atom is 0.0732 e. The molecule has 0 fully saturated rings. The molecule has 0 saturated carbocycles. The van der Waals surface area contributed by atoms with Crippen molar-refractivity contribution >= 4 is 0 Å². The van der Waals surface area contributed by atoms with Crippen LogP contribution >= 0.6 is 0 Å². The first-order valence-corrected chi connectivity index (χ1v) is 14.2. The summed E-state index contributed by atoms with van der Waals surface area (Å²) in [5.74, 6) is 0. The fourth-order valence-electron chi connectivity index (χ4n) is 5.30. The van der Waals surface area contributed by atoms with Crippen molar-refractivity contribution in [3.63, 3.8) is 0 Å². The van der Waals surface area contributed by atoms with Gasteiger partial charge in [-0.05, 0) is 51.9 Å². The minimum absolute atomic E-state index is 0.347. The van der Waals surface area contributed by atoms with Gasteiger partial charge in [-0.3, -0.25) is 9.80 Å². The lowest BCUT2D eigenvalue weighted by Crippen LogP contribution is -2.50. The van der Waals surface area contributed by atoms with E-state index in [0.29, 0.717) is 24.3 Å². The summed E-state index contributed by atoms with van der Waals surface area (Å²) in [7, 11) is 0. The normalized spacial score (nSPS) is 16.1. The van der Waals surface area contributed by atoms with Crippen molar-refractivity contribution in [3.8, 4) is 0 Å². The Hall–Kier alpha value is -0.120. The van der Waals surface area contributed by atoms with E-state index < -0.39 is 0 Å². The van der Waals surface area contributed by atoms with Crippen LogP contribution < -0.4 is 0 Å². The fourth-order valence-corrected chi connectivity index (χ4v) is 5.30. The average molecular weight is 441 g/mol. The monoisotopic (exact) mass is 440 g/mol. The van der Waals surface area contributed by atoms with E-state index in [1.54, 1.807) is 0 Å². The summed E-state index contributed by atoms with van der Waals surface area (Å²) in [5, 5.41) is 0. The molecule has 3 nitrogen and oxygen atoms in total. The molecule has 0 aliphatic rings. The maximum absolute atomic E-state index is 7.07. The minimum Gasteiger partial charge on any atom is -0.372 e. The zero-order chi connectivity index (χ0) is 23.5. The molecule has 0 aliphatic heterocycles. The molecule has 188 valence electrons. The van der Waals surface area contributed by atoms with Crippen LogP contribution in [-0.2, 0) is 4.74 Å². The number of rotatable bonds is 22. The minimum atomic E-state index is 0.347. The summed E-state index contributed by atoms with van der Waals surface area (Å²) < 4.78 is 7.07. The molecule has 0 N–H and O–H groups in total. The number of nitrogens with zero attached hydrogens (tertiary/aromatic N) is 2. The van der Waals surface area contributed by atoms with Gasteiger partial charge in [-0.1, -0.05) is 107 Å². The van der Waals surface area contributed by atoms with Crippen LogP contribution in [0.15, 0.2) is 0 Å². The number of hydrogen-bond donors (Lipinski definition) is 0. The number of hydrogen-bond acceptors (Lipinski definition) is 3. The van der Waals surface area contributed by atoms with Gasteiger partial charge in [0, 0.05) is 12.1 Å². The number of unbranched alkanes of at least 4 members (excludes halogenated alkanes) is 6. The highest BCUT2D eigenvalue weighted by atomic mass is 16.5. The van der Waals surface area contributed by atoms with Crippen LogP contribution in [-0.4, -0.2) is 60.3 Å². The van der Waals surface area contributed by atoms with Gasteiger partial charge in [0.1, 0.15) is 0 Å². The van der Waals surface area contributed by atoms with E-state index >= 15 is 0 Å². The van der Waals surface area contributed by atoms with Crippen molar-refractivity contribution in [3.05, 3.63) is 0 Å². The molecule has 4 unspecified atom stereocenters. The summed E-state index contributed by atoms with van der Waals surface area (Å²) in [6.07, 6.45) is 16.2. The van der Waals surface area contributed by atoms with E-state index in [2.05, 4.69) is 65.2 Å². The Morgan fingerprint density at radius 1 is 0.484 bits per heavy atom. The van der Waals surface area contributed by atoms with Crippen LogP contribution in [0.25, 0.3) is 0 Å². The number of likely N-dealkylation sites (N-methyl/N-ethyl adjacent to an activating group) is 2. The summed E-state index contributed by atoms with van der Waals surface area (Å²) in [6, 6.07) is 1.12. The predicted octanol–water partition coefficient (Wildman–Crippen LogP) is 7.92. The first kappa shape index (κ1) is 30.9. The van der Waals surface area contributed by atoms with Gasteiger partial charge in [0.05, 0.1) is 12.2 Å². The second kappa shape index (κ2) is 20.5. The Labute approximate surface area is 197 Å². The Bertz CT molecular complexity index is 334. The lowest BCUT2D eigenvalue weighted by Gasteiger charge is -2.41. The van der Waals surface area contributed by atoms with E-state index in [4.69, 9.17) is 4.74 Å². The summed E-state index contributed by atoms with van der Waals surface area (Å²) in [4.78, 5) is 5.33. The van der Waals surface area contributed by atoms with Crippen LogP contribution in [0.1, 0.15) is 132 Å². The SMILES string of the molecule is CCCCCCC(C(CC)OC(CC)C(CCCCCC)N(CC)CC)N(CC)CC. The lowest BCUT2D eigenvalue weighted by molar-refractivity contribution is -0.0948. The summed E-state index contributed by atoms with van der Waals surface area (Å²) >= 11 is 0. The standard InChI is InChI=1S/C28H60N2O/c1-9-17-19-21-23-25(29(13-5)14-6)27(11-3)31-28(12-4)26(30(15-7)16-8)24-22-20-18-10-2/h25-28H,9-24H2,1-8H3. The predicted molar refractivity (Wildman–Crippen MR) is 140 cm³/mol. The first-order chi connectivity index (χ1) is 15.1. The fraction of sp³-hybridized carbons (Fsp3) is 1.00. The highest BCUT2D eigenvalue weighted by Gasteiger charge is 2.32. The van der Waals surface area contributed by atoms with Crippen LogP contribution in [0, 0.1) is 0 Å². The smallest absolute Gasteiger partial charge is 0.0732 e. The molecule has 0 aliphatic carbocycles. The largest absolute Gasteiger partial charge is 0.372 e. The topological polar surface area (TPSA) is 15.7 Å². The highest BCUT2D eigenvalue weighted by Crippen LogP contribution is 2.25. The zero-order valence-corrected chi connectivity index (χ0v) is 22.9. The van der Waals surface area contributed by atoms with Gasteiger partial charge in [0.2, 0.25) is 0 Å². The molecule has 0 radical (unpaired) electrons. The van der Waals surface area contributed by atoms with Crippen molar-refractivity contribution in [1.82, 2.24) is 9.80 Å².